The molecule has 3 aromatic rings. The van der Waals surface area contributed by atoms with E-state index in [1.54, 1.807) is 18.2 Å². The van der Waals surface area contributed by atoms with Crippen molar-refractivity contribution in [3.05, 3.63) is 98.5 Å². The second-order valence-corrected chi connectivity index (χ2v) is 9.20. The monoisotopic (exact) mass is 554 g/mol. The molecule has 3 aromatic carbocycles. The van der Waals surface area contributed by atoms with Crippen LogP contribution in [0.1, 0.15) is 23.6 Å². The van der Waals surface area contributed by atoms with Crippen LogP contribution < -0.4 is 15.0 Å². The van der Waals surface area contributed by atoms with E-state index in [0.29, 0.717) is 33.1 Å². The Morgan fingerprint density at radius 1 is 1.09 bits per heavy atom. The number of aryl methyl sites for hydroxylation is 1. The van der Waals surface area contributed by atoms with Crippen LogP contribution in [0.4, 0.5) is 5.69 Å². The summed E-state index contributed by atoms with van der Waals surface area (Å²) in [5.74, 6) is -0.403. The molecule has 34 heavy (non-hydrogen) atoms. The maximum atomic E-state index is 13.2. The number of benzene rings is 3. The molecule has 2 amide bonds. The summed E-state index contributed by atoms with van der Waals surface area (Å²) in [6.07, 6.45) is 2.42. The molecular formula is C26H20BrClN2O3S. The third-order valence-corrected chi connectivity index (χ3v) is 6.59. The molecule has 0 unspecified atom stereocenters. The van der Waals surface area contributed by atoms with Crippen LogP contribution in [0.25, 0.3) is 6.08 Å². The zero-order valence-corrected chi connectivity index (χ0v) is 21.3. The van der Waals surface area contributed by atoms with Crippen molar-refractivity contribution in [3.8, 4) is 5.75 Å². The lowest BCUT2D eigenvalue weighted by Gasteiger charge is -2.29. The van der Waals surface area contributed by atoms with Gasteiger partial charge in [-0.05, 0) is 82.1 Å². The van der Waals surface area contributed by atoms with Gasteiger partial charge in [-0.3, -0.25) is 19.8 Å². The van der Waals surface area contributed by atoms with Gasteiger partial charge in [-0.1, -0.05) is 54.9 Å². The molecule has 1 aliphatic heterocycles. The fourth-order valence-electron chi connectivity index (χ4n) is 3.43. The third kappa shape index (κ3) is 5.22. The molecule has 0 radical (unpaired) electrons. The van der Waals surface area contributed by atoms with Crippen LogP contribution in [0.3, 0.4) is 0 Å². The molecule has 4 rings (SSSR count). The van der Waals surface area contributed by atoms with Crippen molar-refractivity contribution in [2.45, 2.75) is 20.0 Å². The molecular weight excluding hydrogens is 536 g/mol. The maximum Gasteiger partial charge on any atom is 0.270 e. The van der Waals surface area contributed by atoms with Crippen LogP contribution in [-0.2, 0) is 22.6 Å². The summed E-state index contributed by atoms with van der Waals surface area (Å²) in [4.78, 5) is 27.1. The fraction of sp³-hybridized carbons (Fsp3) is 0.115. The molecule has 1 heterocycles. The van der Waals surface area contributed by atoms with E-state index in [1.807, 2.05) is 48.5 Å². The molecule has 8 heteroatoms. The van der Waals surface area contributed by atoms with E-state index >= 15 is 0 Å². The largest absolute Gasteiger partial charge is 0.488 e. The first-order chi connectivity index (χ1) is 16.4. The van der Waals surface area contributed by atoms with E-state index in [9.17, 15) is 9.59 Å². The Morgan fingerprint density at radius 2 is 1.82 bits per heavy atom. The van der Waals surface area contributed by atoms with Crippen LogP contribution in [0, 0.1) is 0 Å². The van der Waals surface area contributed by atoms with Gasteiger partial charge < -0.3 is 4.74 Å². The molecule has 5 nitrogen and oxygen atoms in total. The van der Waals surface area contributed by atoms with Gasteiger partial charge in [0.25, 0.3) is 11.8 Å². The smallest absolute Gasteiger partial charge is 0.270 e. The summed E-state index contributed by atoms with van der Waals surface area (Å²) in [6.45, 7) is 2.36. The number of nitrogens with one attached hydrogen (secondary N) is 1. The molecule has 0 saturated carbocycles. The van der Waals surface area contributed by atoms with E-state index in [-0.39, 0.29) is 10.7 Å². The highest BCUT2D eigenvalue weighted by atomic mass is 79.9. The van der Waals surface area contributed by atoms with Crippen molar-refractivity contribution >= 4 is 68.4 Å². The molecule has 1 N–H and O–H groups in total. The van der Waals surface area contributed by atoms with E-state index in [1.165, 1.54) is 11.0 Å². The minimum absolute atomic E-state index is 0.00944. The number of nitrogens with zero attached hydrogens (tertiary/aromatic N) is 1. The average Bonchev–Trinajstić information content (AvgIpc) is 2.82. The van der Waals surface area contributed by atoms with Gasteiger partial charge in [0.05, 0.1) is 10.2 Å². The van der Waals surface area contributed by atoms with Gasteiger partial charge in [0.2, 0.25) is 0 Å². The lowest BCUT2D eigenvalue weighted by atomic mass is 10.1. The summed E-state index contributed by atoms with van der Waals surface area (Å²) in [7, 11) is 0. The SMILES string of the molecule is CCc1ccc(N2C(=O)/C(=C/c3ccc(OCc4ccccc4Cl)c(Br)c3)C(=O)NC2=S)cc1. The van der Waals surface area contributed by atoms with Crippen molar-refractivity contribution < 1.29 is 14.3 Å². The topological polar surface area (TPSA) is 58.6 Å². The average molecular weight is 556 g/mol. The molecule has 1 fully saturated rings. The first kappa shape index (κ1) is 24.1. The molecule has 0 bridgehead atoms. The minimum Gasteiger partial charge on any atom is -0.488 e. The fourth-order valence-corrected chi connectivity index (χ4v) is 4.42. The zero-order chi connectivity index (χ0) is 24.2. The summed E-state index contributed by atoms with van der Waals surface area (Å²) in [5.41, 5.74) is 3.26. The van der Waals surface area contributed by atoms with Crippen molar-refractivity contribution in [3.63, 3.8) is 0 Å². The van der Waals surface area contributed by atoms with E-state index in [0.717, 1.165) is 17.5 Å². The van der Waals surface area contributed by atoms with Gasteiger partial charge in [-0.25, -0.2) is 0 Å². The third-order valence-electron chi connectivity index (χ3n) is 5.31. The number of halogens is 2. The number of rotatable bonds is 6. The second kappa shape index (κ2) is 10.5. The van der Waals surface area contributed by atoms with E-state index < -0.39 is 11.8 Å². The lowest BCUT2D eigenvalue weighted by Crippen LogP contribution is -2.54. The number of hydrogen-bond donors (Lipinski definition) is 1. The summed E-state index contributed by atoms with van der Waals surface area (Å²) < 4.78 is 6.56. The van der Waals surface area contributed by atoms with Gasteiger partial charge in [-0.15, -0.1) is 0 Å². The van der Waals surface area contributed by atoms with Crippen LogP contribution in [0.5, 0.6) is 5.75 Å². The normalized spacial score (nSPS) is 15.0. The predicted molar refractivity (Wildman–Crippen MR) is 142 cm³/mol. The maximum absolute atomic E-state index is 13.2. The highest BCUT2D eigenvalue weighted by Crippen LogP contribution is 2.29. The van der Waals surface area contributed by atoms with Crippen LogP contribution in [-0.4, -0.2) is 16.9 Å². The van der Waals surface area contributed by atoms with Crippen molar-refractivity contribution in [1.29, 1.82) is 0 Å². The lowest BCUT2D eigenvalue weighted by molar-refractivity contribution is -0.122. The molecule has 0 spiro atoms. The van der Waals surface area contributed by atoms with Crippen LogP contribution in [0.15, 0.2) is 76.8 Å². The molecule has 0 aliphatic carbocycles. The van der Waals surface area contributed by atoms with Gasteiger partial charge >= 0.3 is 0 Å². The quantitative estimate of drug-likeness (QED) is 0.228. The minimum atomic E-state index is -0.536. The number of carbonyl (C=O) groups is 2. The Balaban J connectivity index is 1.56. The summed E-state index contributed by atoms with van der Waals surface area (Å²) in [6, 6.07) is 20.3. The first-order valence-electron chi connectivity index (χ1n) is 10.5. The van der Waals surface area contributed by atoms with Crippen LogP contribution in [0.2, 0.25) is 5.02 Å². The van der Waals surface area contributed by atoms with Crippen molar-refractivity contribution in [2.24, 2.45) is 0 Å². The molecule has 1 saturated heterocycles. The van der Waals surface area contributed by atoms with Crippen LogP contribution >= 0.6 is 39.7 Å². The first-order valence-corrected chi connectivity index (χ1v) is 12.1. The van der Waals surface area contributed by atoms with Gasteiger partial charge in [0.15, 0.2) is 5.11 Å². The van der Waals surface area contributed by atoms with Gasteiger partial charge in [0.1, 0.15) is 17.9 Å². The predicted octanol–water partition coefficient (Wildman–Crippen LogP) is 6.08. The Bertz CT molecular complexity index is 1310. The zero-order valence-electron chi connectivity index (χ0n) is 18.2. The van der Waals surface area contributed by atoms with Gasteiger partial charge in [-0.2, -0.15) is 0 Å². The van der Waals surface area contributed by atoms with Crippen molar-refractivity contribution in [1.82, 2.24) is 5.32 Å². The van der Waals surface area contributed by atoms with Gasteiger partial charge in [0, 0.05) is 10.6 Å². The number of anilines is 1. The Kier molecular flexibility index (Phi) is 7.46. The van der Waals surface area contributed by atoms with Crippen molar-refractivity contribution in [2.75, 3.05) is 4.90 Å². The Hall–Kier alpha value is -3.00. The highest BCUT2D eigenvalue weighted by Gasteiger charge is 2.34. The molecule has 0 atom stereocenters. The summed E-state index contributed by atoms with van der Waals surface area (Å²) >= 11 is 15.0. The van der Waals surface area contributed by atoms with E-state index in [4.69, 9.17) is 28.6 Å². The second-order valence-electron chi connectivity index (χ2n) is 7.55. The molecule has 0 aromatic heterocycles. The Morgan fingerprint density at radius 3 is 2.50 bits per heavy atom. The molecule has 172 valence electrons. The number of hydrogen-bond acceptors (Lipinski definition) is 4. The van der Waals surface area contributed by atoms with E-state index in [2.05, 4.69) is 28.2 Å². The summed E-state index contributed by atoms with van der Waals surface area (Å²) in [5, 5.41) is 3.30. The molecule has 1 aliphatic rings. The number of carbonyl (C=O) groups excluding carboxylic acids is 2. The number of amides is 2. The highest BCUT2D eigenvalue weighted by molar-refractivity contribution is 9.10. The Labute approximate surface area is 216 Å². The standard InChI is InChI=1S/C26H20BrClN2O3S/c1-2-16-7-10-19(11-8-16)30-25(32)20(24(31)29-26(30)34)13-17-9-12-23(21(27)14-17)33-15-18-5-3-4-6-22(18)28/h3-14H,2,15H2,1H3,(H,29,31,34)/b20-13+. The number of ether oxygens (including phenoxy) is 1. The number of thiocarbonyl (C=S) groups is 1.